The Kier molecular flexibility index (Phi) is 5.25. The molecule has 8 heteroatoms. The molecule has 126 valence electrons. The summed E-state index contributed by atoms with van der Waals surface area (Å²) >= 11 is 0. The number of nitrogens with zero attached hydrogens (tertiary/aromatic N) is 1. The third kappa shape index (κ3) is 4.44. The maximum Gasteiger partial charge on any atom is 0.416 e. The molecule has 2 N–H and O–H groups in total. The van der Waals surface area contributed by atoms with Crippen molar-refractivity contribution >= 4 is 11.8 Å². The van der Waals surface area contributed by atoms with E-state index in [-0.39, 0.29) is 24.1 Å². The van der Waals surface area contributed by atoms with Gasteiger partial charge in [0.2, 0.25) is 5.91 Å². The second-order valence-electron chi connectivity index (χ2n) is 5.41. The van der Waals surface area contributed by atoms with E-state index >= 15 is 0 Å². The fraction of sp³-hybridized carbons (Fsp3) is 0.467. The van der Waals surface area contributed by atoms with E-state index in [0.717, 1.165) is 43.8 Å². The average Bonchev–Trinajstić information content (AvgIpc) is 3.05. The van der Waals surface area contributed by atoms with Crippen molar-refractivity contribution in [1.29, 1.82) is 0 Å². The largest absolute Gasteiger partial charge is 0.416 e. The minimum atomic E-state index is -4.44. The fourth-order valence-corrected chi connectivity index (χ4v) is 2.37. The minimum absolute atomic E-state index is 0.0796. The molecule has 1 atom stereocenters. The van der Waals surface area contributed by atoms with Crippen molar-refractivity contribution in [2.75, 3.05) is 26.7 Å². The molecule has 0 aliphatic carbocycles. The molecule has 1 saturated heterocycles. The highest BCUT2D eigenvalue weighted by Gasteiger charge is 2.30. The first-order valence-corrected chi connectivity index (χ1v) is 7.21. The zero-order chi connectivity index (χ0) is 17.0. The molecule has 0 bridgehead atoms. The Hall–Kier alpha value is -2.09. The summed E-state index contributed by atoms with van der Waals surface area (Å²) in [4.78, 5) is 25.4. The summed E-state index contributed by atoms with van der Waals surface area (Å²) in [6.07, 6.45) is -3.59. The van der Waals surface area contributed by atoms with E-state index in [1.54, 1.807) is 11.9 Å². The second kappa shape index (κ2) is 6.99. The second-order valence-corrected chi connectivity index (χ2v) is 5.41. The number of benzene rings is 1. The molecule has 5 nitrogen and oxygen atoms in total. The van der Waals surface area contributed by atoms with Crippen molar-refractivity contribution in [3.8, 4) is 0 Å². The van der Waals surface area contributed by atoms with Crippen LogP contribution in [0.2, 0.25) is 0 Å². The van der Waals surface area contributed by atoms with Crippen LogP contribution in [0.25, 0.3) is 0 Å². The summed E-state index contributed by atoms with van der Waals surface area (Å²) in [6, 6.07) is 3.96. The van der Waals surface area contributed by atoms with Crippen LogP contribution < -0.4 is 10.6 Å². The Labute approximate surface area is 131 Å². The Bertz CT molecular complexity index is 566. The number of halogens is 3. The summed E-state index contributed by atoms with van der Waals surface area (Å²) in [5.41, 5.74) is -0.741. The van der Waals surface area contributed by atoms with Crippen molar-refractivity contribution < 1.29 is 22.8 Å². The Morgan fingerprint density at radius 3 is 2.48 bits per heavy atom. The lowest BCUT2D eigenvalue weighted by Gasteiger charge is -2.23. The van der Waals surface area contributed by atoms with Gasteiger partial charge in [-0.3, -0.25) is 9.59 Å². The summed E-state index contributed by atoms with van der Waals surface area (Å²) in [5, 5.41) is 5.57. The quantitative estimate of drug-likeness (QED) is 0.874. The zero-order valence-corrected chi connectivity index (χ0v) is 12.6. The molecule has 0 spiro atoms. The molecule has 0 radical (unpaired) electrons. The third-order valence-electron chi connectivity index (χ3n) is 3.85. The summed E-state index contributed by atoms with van der Waals surface area (Å²) in [5.74, 6) is -0.816. The van der Waals surface area contributed by atoms with Crippen molar-refractivity contribution in [2.45, 2.75) is 18.6 Å². The van der Waals surface area contributed by atoms with E-state index < -0.39 is 17.6 Å². The molecule has 1 aliphatic heterocycles. The van der Waals surface area contributed by atoms with E-state index in [9.17, 15) is 22.8 Å². The van der Waals surface area contributed by atoms with Crippen LogP contribution in [-0.4, -0.2) is 49.4 Å². The van der Waals surface area contributed by atoms with Crippen LogP contribution in [0.1, 0.15) is 22.3 Å². The monoisotopic (exact) mass is 329 g/mol. The van der Waals surface area contributed by atoms with Crippen LogP contribution in [0, 0.1) is 0 Å². The molecular formula is C15H18F3N3O2. The Morgan fingerprint density at radius 1 is 1.30 bits per heavy atom. The zero-order valence-electron chi connectivity index (χ0n) is 12.6. The Balaban J connectivity index is 1.88. The SMILES string of the molecule is CN(C(=O)CNC(=O)c1ccc(C(F)(F)F)cc1)C1CCNC1. The van der Waals surface area contributed by atoms with Crippen molar-refractivity contribution in [3.05, 3.63) is 35.4 Å². The van der Waals surface area contributed by atoms with Gasteiger partial charge in [0.25, 0.3) is 5.91 Å². The smallest absolute Gasteiger partial charge is 0.343 e. The van der Waals surface area contributed by atoms with Crippen molar-refractivity contribution in [1.82, 2.24) is 15.5 Å². The van der Waals surface area contributed by atoms with E-state index in [4.69, 9.17) is 0 Å². The first-order valence-electron chi connectivity index (χ1n) is 7.21. The van der Waals surface area contributed by atoms with Crippen LogP contribution in [-0.2, 0) is 11.0 Å². The van der Waals surface area contributed by atoms with Gasteiger partial charge in [-0.1, -0.05) is 0 Å². The van der Waals surface area contributed by atoms with Gasteiger partial charge < -0.3 is 15.5 Å². The topological polar surface area (TPSA) is 61.4 Å². The van der Waals surface area contributed by atoms with Crippen molar-refractivity contribution in [2.24, 2.45) is 0 Å². The van der Waals surface area contributed by atoms with Gasteiger partial charge in [0, 0.05) is 25.2 Å². The van der Waals surface area contributed by atoms with Gasteiger partial charge in [-0.05, 0) is 37.2 Å². The molecule has 1 aromatic carbocycles. The van der Waals surface area contributed by atoms with Crippen molar-refractivity contribution in [3.63, 3.8) is 0 Å². The van der Waals surface area contributed by atoms with Gasteiger partial charge in [-0.25, -0.2) is 0 Å². The van der Waals surface area contributed by atoms with Gasteiger partial charge in [-0.2, -0.15) is 13.2 Å². The summed E-state index contributed by atoms with van der Waals surface area (Å²) in [7, 11) is 1.67. The standard InChI is InChI=1S/C15H18F3N3O2/c1-21(12-6-7-19-8-12)13(22)9-20-14(23)10-2-4-11(5-3-10)15(16,17)18/h2-5,12,19H,6-9H2,1H3,(H,20,23). The number of hydrogen-bond donors (Lipinski definition) is 2. The van der Waals surface area contributed by atoms with Gasteiger partial charge in [-0.15, -0.1) is 0 Å². The van der Waals surface area contributed by atoms with Gasteiger partial charge >= 0.3 is 6.18 Å². The van der Waals surface area contributed by atoms with Crippen LogP contribution in [0.15, 0.2) is 24.3 Å². The molecule has 1 aromatic rings. The molecule has 0 saturated carbocycles. The van der Waals surface area contributed by atoms with E-state index in [1.807, 2.05) is 0 Å². The van der Waals surface area contributed by atoms with E-state index in [0.29, 0.717) is 0 Å². The number of alkyl halides is 3. The third-order valence-corrected chi connectivity index (χ3v) is 3.85. The molecule has 1 unspecified atom stereocenters. The lowest BCUT2D eigenvalue weighted by Crippen LogP contribution is -2.44. The molecule has 1 aliphatic rings. The van der Waals surface area contributed by atoms with Crippen LogP contribution in [0.5, 0.6) is 0 Å². The molecule has 2 rings (SSSR count). The van der Waals surface area contributed by atoms with E-state index in [2.05, 4.69) is 10.6 Å². The molecule has 0 aromatic heterocycles. The maximum atomic E-state index is 12.5. The normalized spacial score (nSPS) is 17.8. The lowest BCUT2D eigenvalue weighted by molar-refractivity contribution is -0.137. The highest BCUT2D eigenvalue weighted by molar-refractivity contribution is 5.96. The minimum Gasteiger partial charge on any atom is -0.343 e. The summed E-state index contributed by atoms with van der Waals surface area (Å²) in [6.45, 7) is 1.38. The van der Waals surface area contributed by atoms with Crippen LogP contribution in [0.3, 0.4) is 0 Å². The molecule has 2 amide bonds. The lowest BCUT2D eigenvalue weighted by atomic mass is 10.1. The number of hydrogen-bond acceptors (Lipinski definition) is 3. The number of nitrogens with one attached hydrogen (secondary N) is 2. The first-order chi connectivity index (χ1) is 10.8. The van der Waals surface area contributed by atoms with Gasteiger partial charge in [0.15, 0.2) is 0 Å². The number of carbonyl (C=O) groups excluding carboxylic acids is 2. The van der Waals surface area contributed by atoms with Crippen LogP contribution in [0.4, 0.5) is 13.2 Å². The van der Waals surface area contributed by atoms with E-state index in [1.165, 1.54) is 0 Å². The maximum absolute atomic E-state index is 12.5. The summed E-state index contributed by atoms with van der Waals surface area (Å²) < 4.78 is 37.4. The Morgan fingerprint density at radius 2 is 1.96 bits per heavy atom. The van der Waals surface area contributed by atoms with Crippen LogP contribution >= 0.6 is 0 Å². The highest BCUT2D eigenvalue weighted by atomic mass is 19.4. The van der Waals surface area contributed by atoms with Gasteiger partial charge in [0.05, 0.1) is 12.1 Å². The molecule has 1 heterocycles. The first kappa shape index (κ1) is 17.3. The predicted octanol–water partition coefficient (Wildman–Crippen LogP) is 1.26. The number of rotatable bonds is 4. The van der Waals surface area contributed by atoms with Gasteiger partial charge in [0.1, 0.15) is 0 Å². The molecule has 23 heavy (non-hydrogen) atoms. The average molecular weight is 329 g/mol. The number of amides is 2. The number of carbonyl (C=O) groups is 2. The predicted molar refractivity (Wildman–Crippen MR) is 77.8 cm³/mol. The molecule has 1 fully saturated rings. The highest BCUT2D eigenvalue weighted by Crippen LogP contribution is 2.29. The number of likely N-dealkylation sites (N-methyl/N-ethyl adjacent to an activating group) is 1. The fourth-order valence-electron chi connectivity index (χ4n) is 2.37. The molecular weight excluding hydrogens is 311 g/mol.